The van der Waals surface area contributed by atoms with Gasteiger partial charge in [0.1, 0.15) is 18.2 Å². The SMILES string of the molecule is CCOCc1nc(N)cc(NCCCCCOC)n1. The van der Waals surface area contributed by atoms with Gasteiger partial charge in [0.05, 0.1) is 0 Å². The smallest absolute Gasteiger partial charge is 0.158 e. The summed E-state index contributed by atoms with van der Waals surface area (Å²) in [6, 6.07) is 1.74. The molecule has 1 heterocycles. The van der Waals surface area contributed by atoms with E-state index < -0.39 is 0 Å². The summed E-state index contributed by atoms with van der Waals surface area (Å²) in [6.45, 7) is 4.66. The Morgan fingerprint density at radius 2 is 2.11 bits per heavy atom. The number of nitrogens with two attached hydrogens (primary N) is 1. The van der Waals surface area contributed by atoms with E-state index >= 15 is 0 Å². The van der Waals surface area contributed by atoms with Crippen molar-refractivity contribution >= 4 is 11.6 Å². The summed E-state index contributed by atoms with van der Waals surface area (Å²) in [5, 5.41) is 3.25. The van der Waals surface area contributed by atoms with Crippen molar-refractivity contribution in [2.75, 3.05) is 37.9 Å². The van der Waals surface area contributed by atoms with Crippen molar-refractivity contribution in [3.8, 4) is 0 Å². The number of ether oxygens (including phenoxy) is 2. The number of hydrogen-bond donors (Lipinski definition) is 2. The van der Waals surface area contributed by atoms with Crippen molar-refractivity contribution in [3.05, 3.63) is 11.9 Å². The molecule has 0 aromatic carbocycles. The second-order valence-corrected chi connectivity index (χ2v) is 4.21. The van der Waals surface area contributed by atoms with Crippen LogP contribution in [0.25, 0.3) is 0 Å². The number of methoxy groups -OCH3 is 1. The lowest BCUT2D eigenvalue weighted by Crippen LogP contribution is -2.08. The molecule has 1 aromatic heterocycles. The highest BCUT2D eigenvalue weighted by molar-refractivity contribution is 5.44. The number of rotatable bonds is 10. The quantitative estimate of drug-likeness (QED) is 0.630. The average Bonchev–Trinajstić information content (AvgIpc) is 2.40. The Bertz CT molecular complexity index is 360. The van der Waals surface area contributed by atoms with E-state index in [9.17, 15) is 0 Å². The molecule has 108 valence electrons. The fourth-order valence-electron chi connectivity index (χ4n) is 1.63. The zero-order chi connectivity index (χ0) is 13.9. The van der Waals surface area contributed by atoms with Crippen LogP contribution >= 0.6 is 0 Å². The first-order valence-corrected chi connectivity index (χ1v) is 6.70. The third-order valence-electron chi connectivity index (χ3n) is 2.56. The average molecular weight is 268 g/mol. The summed E-state index contributed by atoms with van der Waals surface area (Å²) in [6.07, 6.45) is 3.29. The van der Waals surface area contributed by atoms with Gasteiger partial charge < -0.3 is 20.5 Å². The molecule has 6 heteroatoms. The first kappa shape index (κ1) is 15.7. The minimum absolute atomic E-state index is 0.393. The molecule has 3 N–H and O–H groups in total. The van der Waals surface area contributed by atoms with Gasteiger partial charge in [-0.25, -0.2) is 9.97 Å². The molecule has 6 nitrogen and oxygen atoms in total. The normalized spacial score (nSPS) is 10.6. The Balaban J connectivity index is 2.34. The predicted molar refractivity (Wildman–Crippen MR) is 76.0 cm³/mol. The topological polar surface area (TPSA) is 82.3 Å². The van der Waals surface area contributed by atoms with E-state index in [0.29, 0.717) is 24.9 Å². The number of unbranched alkanes of at least 4 members (excludes halogenated alkanes) is 2. The lowest BCUT2D eigenvalue weighted by molar-refractivity contribution is 0.128. The fraction of sp³-hybridized carbons (Fsp3) is 0.692. The largest absolute Gasteiger partial charge is 0.385 e. The van der Waals surface area contributed by atoms with Crippen LogP contribution in [0.1, 0.15) is 32.0 Å². The highest BCUT2D eigenvalue weighted by Gasteiger charge is 2.02. The summed E-state index contributed by atoms with van der Waals surface area (Å²) in [4.78, 5) is 8.48. The summed E-state index contributed by atoms with van der Waals surface area (Å²) in [5.41, 5.74) is 5.74. The van der Waals surface area contributed by atoms with Gasteiger partial charge in [0, 0.05) is 32.9 Å². The summed E-state index contributed by atoms with van der Waals surface area (Å²) in [5.74, 6) is 1.84. The van der Waals surface area contributed by atoms with E-state index in [1.54, 1.807) is 13.2 Å². The van der Waals surface area contributed by atoms with Crippen LogP contribution in [0.2, 0.25) is 0 Å². The first-order chi connectivity index (χ1) is 9.26. The molecule has 0 saturated carbocycles. The molecule has 0 bridgehead atoms. The maximum atomic E-state index is 5.74. The van der Waals surface area contributed by atoms with Crippen molar-refractivity contribution in [1.82, 2.24) is 9.97 Å². The first-order valence-electron chi connectivity index (χ1n) is 6.70. The van der Waals surface area contributed by atoms with E-state index in [1.165, 1.54) is 0 Å². The molecule has 0 atom stereocenters. The summed E-state index contributed by atoms with van der Waals surface area (Å²) >= 11 is 0. The zero-order valence-corrected chi connectivity index (χ0v) is 11.8. The number of nitrogen functional groups attached to an aromatic ring is 1. The molecule has 0 unspecified atom stereocenters. The molecule has 0 fully saturated rings. The van der Waals surface area contributed by atoms with E-state index in [0.717, 1.165) is 38.2 Å². The minimum Gasteiger partial charge on any atom is -0.385 e. The van der Waals surface area contributed by atoms with E-state index in [-0.39, 0.29) is 0 Å². The van der Waals surface area contributed by atoms with Crippen molar-refractivity contribution < 1.29 is 9.47 Å². The van der Waals surface area contributed by atoms with Crippen LogP contribution in [0.3, 0.4) is 0 Å². The van der Waals surface area contributed by atoms with Gasteiger partial charge in [0.2, 0.25) is 0 Å². The van der Waals surface area contributed by atoms with Crippen LogP contribution in [-0.4, -0.2) is 36.8 Å². The lowest BCUT2D eigenvalue weighted by atomic mass is 10.2. The van der Waals surface area contributed by atoms with Crippen LogP contribution < -0.4 is 11.1 Å². The molecule has 0 aliphatic heterocycles. The molecule has 0 spiro atoms. The van der Waals surface area contributed by atoms with E-state index in [4.69, 9.17) is 15.2 Å². The molecule has 0 saturated heterocycles. The highest BCUT2D eigenvalue weighted by Crippen LogP contribution is 2.09. The van der Waals surface area contributed by atoms with Gasteiger partial charge in [-0.1, -0.05) is 0 Å². The zero-order valence-electron chi connectivity index (χ0n) is 11.8. The number of nitrogens with one attached hydrogen (secondary N) is 1. The monoisotopic (exact) mass is 268 g/mol. The van der Waals surface area contributed by atoms with Gasteiger partial charge in [0.25, 0.3) is 0 Å². The maximum absolute atomic E-state index is 5.74. The Labute approximate surface area is 114 Å². The second kappa shape index (κ2) is 9.52. The van der Waals surface area contributed by atoms with Crippen LogP contribution in [0.4, 0.5) is 11.6 Å². The van der Waals surface area contributed by atoms with Gasteiger partial charge in [-0.05, 0) is 26.2 Å². The molecule has 1 rings (SSSR count). The van der Waals surface area contributed by atoms with Crippen LogP contribution in [0, 0.1) is 0 Å². The Morgan fingerprint density at radius 1 is 1.26 bits per heavy atom. The Morgan fingerprint density at radius 3 is 2.84 bits per heavy atom. The van der Waals surface area contributed by atoms with Crippen LogP contribution in [0.5, 0.6) is 0 Å². The number of aromatic nitrogens is 2. The standard InChI is InChI=1S/C13H24N4O2/c1-3-19-10-13-16-11(14)9-12(17-13)15-7-5-4-6-8-18-2/h9H,3-8,10H2,1-2H3,(H3,14,15,16,17). The predicted octanol–water partition coefficient (Wildman–Crippen LogP) is 1.82. The molecule has 0 amide bonds. The molecule has 0 radical (unpaired) electrons. The lowest BCUT2D eigenvalue weighted by Gasteiger charge is -2.08. The summed E-state index contributed by atoms with van der Waals surface area (Å²) in [7, 11) is 1.72. The van der Waals surface area contributed by atoms with E-state index in [1.807, 2.05) is 6.92 Å². The van der Waals surface area contributed by atoms with E-state index in [2.05, 4.69) is 15.3 Å². The molecule has 0 aliphatic rings. The minimum atomic E-state index is 0.393. The van der Waals surface area contributed by atoms with Gasteiger partial charge >= 0.3 is 0 Å². The van der Waals surface area contributed by atoms with Crippen LogP contribution in [-0.2, 0) is 16.1 Å². The molecule has 1 aromatic rings. The van der Waals surface area contributed by atoms with Gasteiger partial charge in [-0.2, -0.15) is 0 Å². The number of nitrogens with zero attached hydrogens (tertiary/aromatic N) is 2. The molecule has 19 heavy (non-hydrogen) atoms. The van der Waals surface area contributed by atoms with Crippen molar-refractivity contribution in [1.29, 1.82) is 0 Å². The highest BCUT2D eigenvalue weighted by atomic mass is 16.5. The molecular formula is C13H24N4O2. The second-order valence-electron chi connectivity index (χ2n) is 4.21. The van der Waals surface area contributed by atoms with Crippen LogP contribution in [0.15, 0.2) is 6.07 Å². The fourth-order valence-corrected chi connectivity index (χ4v) is 1.63. The molecule has 0 aliphatic carbocycles. The van der Waals surface area contributed by atoms with Crippen molar-refractivity contribution in [2.24, 2.45) is 0 Å². The maximum Gasteiger partial charge on any atom is 0.158 e. The Hall–Kier alpha value is -1.40. The third-order valence-corrected chi connectivity index (χ3v) is 2.56. The van der Waals surface area contributed by atoms with Gasteiger partial charge in [-0.3, -0.25) is 0 Å². The third kappa shape index (κ3) is 6.93. The van der Waals surface area contributed by atoms with Gasteiger partial charge in [-0.15, -0.1) is 0 Å². The molecular weight excluding hydrogens is 244 g/mol. The van der Waals surface area contributed by atoms with Crippen molar-refractivity contribution in [2.45, 2.75) is 32.8 Å². The van der Waals surface area contributed by atoms with Gasteiger partial charge in [0.15, 0.2) is 5.82 Å². The summed E-state index contributed by atoms with van der Waals surface area (Å²) < 4.78 is 10.3. The van der Waals surface area contributed by atoms with Crippen molar-refractivity contribution in [3.63, 3.8) is 0 Å². The number of anilines is 2. The Kier molecular flexibility index (Phi) is 7.84. The number of hydrogen-bond acceptors (Lipinski definition) is 6.